The van der Waals surface area contributed by atoms with E-state index in [0.717, 1.165) is 17.9 Å². The largest absolute Gasteiger partial charge is 0.346 e. The average Bonchev–Trinajstić information content (AvgIpc) is 2.01. The van der Waals surface area contributed by atoms with Gasteiger partial charge in [-0.15, -0.1) is 11.6 Å². The first kappa shape index (κ1) is 11.7. The van der Waals surface area contributed by atoms with Crippen molar-refractivity contribution < 1.29 is 0 Å². The van der Waals surface area contributed by atoms with Gasteiger partial charge >= 0.3 is 0 Å². The molecule has 0 bridgehead atoms. The van der Waals surface area contributed by atoms with E-state index in [9.17, 15) is 0 Å². The van der Waals surface area contributed by atoms with Crippen molar-refractivity contribution in [1.29, 1.82) is 0 Å². The zero-order valence-corrected chi connectivity index (χ0v) is 10.2. The second-order valence-corrected chi connectivity index (χ2v) is 4.92. The van der Waals surface area contributed by atoms with Crippen molar-refractivity contribution in [3.63, 3.8) is 0 Å². The molecule has 0 saturated carbocycles. The summed E-state index contributed by atoms with van der Waals surface area (Å²) in [5, 5.41) is -0.121. The van der Waals surface area contributed by atoms with Crippen molar-refractivity contribution in [2.75, 3.05) is 0 Å². The Morgan fingerprint density at radius 1 is 1.50 bits per heavy atom. The molecule has 14 heavy (non-hydrogen) atoms. The van der Waals surface area contributed by atoms with E-state index in [2.05, 4.69) is 23.8 Å². The predicted molar refractivity (Wildman–Crippen MR) is 62.2 cm³/mol. The number of aromatic nitrogens is 2. The molecular weight excluding hydrogens is 216 g/mol. The van der Waals surface area contributed by atoms with Crippen LogP contribution in [-0.4, -0.2) is 9.97 Å². The minimum atomic E-state index is -0.121. The second-order valence-electron chi connectivity index (χ2n) is 3.84. The molecule has 78 valence electrons. The Labute approximate surface area is 94.7 Å². The van der Waals surface area contributed by atoms with Gasteiger partial charge in [-0.05, 0) is 25.3 Å². The van der Waals surface area contributed by atoms with Gasteiger partial charge < -0.3 is 4.98 Å². The van der Waals surface area contributed by atoms with Crippen molar-refractivity contribution in [3.05, 3.63) is 22.2 Å². The third kappa shape index (κ3) is 3.39. The Hall–Kier alpha value is -0.410. The van der Waals surface area contributed by atoms with E-state index in [-0.39, 0.29) is 5.38 Å². The van der Waals surface area contributed by atoms with E-state index in [1.54, 1.807) is 0 Å². The molecule has 1 N–H and O–H groups in total. The van der Waals surface area contributed by atoms with Gasteiger partial charge in [-0.1, -0.05) is 26.1 Å². The lowest BCUT2D eigenvalue weighted by atomic mass is 10.1. The highest BCUT2D eigenvalue weighted by Gasteiger charge is 2.06. The molecule has 4 heteroatoms. The third-order valence-electron chi connectivity index (χ3n) is 1.82. The number of alkyl halides is 1. The zero-order chi connectivity index (χ0) is 10.7. The van der Waals surface area contributed by atoms with Crippen LogP contribution in [0.5, 0.6) is 0 Å². The first-order chi connectivity index (χ1) is 6.49. The molecule has 1 heterocycles. The number of rotatable bonds is 3. The summed E-state index contributed by atoms with van der Waals surface area (Å²) in [6, 6.07) is 1.90. The monoisotopic (exact) mass is 230 g/mol. The van der Waals surface area contributed by atoms with Gasteiger partial charge in [-0.3, -0.25) is 0 Å². The van der Waals surface area contributed by atoms with E-state index < -0.39 is 0 Å². The highest BCUT2D eigenvalue weighted by molar-refractivity contribution is 7.71. The molecule has 0 aliphatic carbocycles. The molecule has 2 nitrogen and oxygen atoms in total. The number of nitrogens with zero attached hydrogens (tertiary/aromatic N) is 1. The maximum absolute atomic E-state index is 5.94. The van der Waals surface area contributed by atoms with E-state index in [4.69, 9.17) is 23.8 Å². The minimum Gasteiger partial charge on any atom is -0.346 e. The van der Waals surface area contributed by atoms with Crippen LogP contribution in [0.2, 0.25) is 0 Å². The van der Waals surface area contributed by atoms with E-state index >= 15 is 0 Å². The summed E-state index contributed by atoms with van der Waals surface area (Å²) in [5.41, 5.74) is 1.11. The van der Waals surface area contributed by atoms with Gasteiger partial charge in [0.15, 0.2) is 0 Å². The number of halogens is 1. The average molecular weight is 231 g/mol. The fraction of sp³-hybridized carbons (Fsp3) is 0.600. The van der Waals surface area contributed by atoms with Crippen LogP contribution in [0.4, 0.5) is 0 Å². The van der Waals surface area contributed by atoms with Crippen LogP contribution in [0.3, 0.4) is 0 Å². The highest BCUT2D eigenvalue weighted by atomic mass is 35.5. The third-order valence-corrected chi connectivity index (χ3v) is 2.24. The van der Waals surface area contributed by atoms with Crippen molar-refractivity contribution in [1.82, 2.24) is 9.97 Å². The Balaban J connectivity index is 3.01. The molecule has 0 aliphatic heterocycles. The second kappa shape index (κ2) is 4.89. The predicted octanol–water partition coefficient (Wildman–Crippen LogP) is 3.64. The normalized spacial score (nSPS) is 13.2. The summed E-state index contributed by atoms with van der Waals surface area (Å²) in [6.45, 7) is 6.22. The lowest BCUT2D eigenvalue weighted by molar-refractivity contribution is 0.629. The molecule has 0 fully saturated rings. The van der Waals surface area contributed by atoms with Crippen molar-refractivity contribution in [2.24, 2.45) is 5.92 Å². The number of hydrogen-bond acceptors (Lipinski definition) is 2. The molecule has 0 aromatic carbocycles. The first-order valence-electron chi connectivity index (χ1n) is 4.73. The molecule has 1 rings (SSSR count). The molecule has 0 spiro atoms. The molecule has 0 saturated heterocycles. The van der Waals surface area contributed by atoms with Crippen LogP contribution in [0.15, 0.2) is 6.07 Å². The number of H-pyrrole nitrogens is 1. The lowest BCUT2D eigenvalue weighted by Crippen LogP contribution is -2.03. The summed E-state index contributed by atoms with van der Waals surface area (Å²) in [7, 11) is 0. The fourth-order valence-corrected chi connectivity index (χ4v) is 1.61. The van der Waals surface area contributed by atoms with E-state index in [0.29, 0.717) is 10.6 Å². The number of hydrogen-bond donors (Lipinski definition) is 1. The Kier molecular flexibility index (Phi) is 4.08. The maximum Gasteiger partial charge on any atom is 0.130 e. The van der Waals surface area contributed by atoms with Gasteiger partial charge in [0.25, 0.3) is 0 Å². The fourth-order valence-electron chi connectivity index (χ4n) is 1.27. The summed E-state index contributed by atoms with van der Waals surface area (Å²) >= 11 is 11.0. The molecule has 1 unspecified atom stereocenters. The Morgan fingerprint density at radius 2 is 2.14 bits per heavy atom. The molecular formula is C10H15ClN2S. The minimum absolute atomic E-state index is 0.121. The number of aromatic amines is 1. The molecule has 0 radical (unpaired) electrons. The van der Waals surface area contributed by atoms with Crippen LogP contribution in [-0.2, 0) is 6.42 Å². The zero-order valence-electron chi connectivity index (χ0n) is 8.67. The molecule has 0 aliphatic rings. The first-order valence-corrected chi connectivity index (χ1v) is 5.57. The van der Waals surface area contributed by atoms with Gasteiger partial charge in [0.2, 0.25) is 0 Å². The van der Waals surface area contributed by atoms with Crippen molar-refractivity contribution in [3.8, 4) is 0 Å². The van der Waals surface area contributed by atoms with Crippen LogP contribution in [0.1, 0.15) is 37.7 Å². The van der Waals surface area contributed by atoms with Gasteiger partial charge in [-0.2, -0.15) is 0 Å². The summed E-state index contributed by atoms with van der Waals surface area (Å²) < 4.78 is 0.613. The van der Waals surface area contributed by atoms with Crippen molar-refractivity contribution >= 4 is 23.8 Å². The van der Waals surface area contributed by atoms with Gasteiger partial charge in [-0.25, -0.2) is 4.98 Å². The standard InChI is InChI=1S/C10H15ClN2S/c1-6(2)4-8-5-9(14)13-10(12-8)7(3)11/h5-7H,4H2,1-3H3,(H,12,13,14). The SMILES string of the molecule is CC(C)Cc1cc(=S)nc(C(C)Cl)[nH]1. The van der Waals surface area contributed by atoms with Gasteiger partial charge in [0.1, 0.15) is 10.5 Å². The highest BCUT2D eigenvalue weighted by Crippen LogP contribution is 2.16. The van der Waals surface area contributed by atoms with Crippen LogP contribution >= 0.6 is 23.8 Å². The van der Waals surface area contributed by atoms with Crippen LogP contribution < -0.4 is 0 Å². The quantitative estimate of drug-likeness (QED) is 0.635. The lowest BCUT2D eigenvalue weighted by Gasteiger charge is -2.08. The molecule has 1 aromatic rings. The Morgan fingerprint density at radius 3 is 2.64 bits per heavy atom. The van der Waals surface area contributed by atoms with Crippen LogP contribution in [0.25, 0.3) is 0 Å². The van der Waals surface area contributed by atoms with Crippen molar-refractivity contribution in [2.45, 2.75) is 32.6 Å². The maximum atomic E-state index is 5.94. The van der Waals surface area contributed by atoms with E-state index in [1.807, 2.05) is 13.0 Å². The molecule has 1 aromatic heterocycles. The summed E-state index contributed by atoms with van der Waals surface area (Å²) in [4.78, 5) is 7.37. The number of nitrogens with one attached hydrogen (secondary N) is 1. The smallest absolute Gasteiger partial charge is 0.130 e. The van der Waals surface area contributed by atoms with Gasteiger partial charge in [0, 0.05) is 5.69 Å². The van der Waals surface area contributed by atoms with Crippen LogP contribution in [0, 0.1) is 10.6 Å². The van der Waals surface area contributed by atoms with E-state index in [1.165, 1.54) is 0 Å². The van der Waals surface area contributed by atoms with Gasteiger partial charge in [0.05, 0.1) is 5.38 Å². The molecule has 1 atom stereocenters. The molecule has 0 amide bonds. The Bertz CT molecular complexity index is 357. The topological polar surface area (TPSA) is 28.7 Å². The summed E-state index contributed by atoms with van der Waals surface area (Å²) in [5.74, 6) is 1.36. The summed E-state index contributed by atoms with van der Waals surface area (Å²) in [6.07, 6.45) is 0.975.